The third-order valence-corrected chi connectivity index (χ3v) is 4.16. The monoisotopic (exact) mass is 421 g/mol. The number of ether oxygens (including phenoxy) is 3. The highest BCUT2D eigenvalue weighted by atomic mass is 79.9. The number of benzene rings is 2. The first-order valence-electron chi connectivity index (χ1n) is 7.89. The smallest absolute Gasteiger partial charge is 0.341 e. The van der Waals surface area contributed by atoms with Crippen LogP contribution in [0.25, 0.3) is 0 Å². The molecule has 0 heterocycles. The van der Waals surface area contributed by atoms with E-state index in [1.165, 1.54) is 14.2 Å². The Hall–Kier alpha value is -2.54. The highest BCUT2D eigenvalue weighted by molar-refractivity contribution is 9.10. The van der Waals surface area contributed by atoms with Crippen LogP contribution >= 0.6 is 15.9 Å². The number of nitrogens with one attached hydrogen (secondary N) is 1. The average molecular weight is 422 g/mol. The van der Waals surface area contributed by atoms with Crippen molar-refractivity contribution in [1.82, 2.24) is 5.32 Å². The van der Waals surface area contributed by atoms with E-state index in [0.29, 0.717) is 17.1 Å². The summed E-state index contributed by atoms with van der Waals surface area (Å²) in [6, 6.07) is 12.3. The molecule has 1 N–H and O–H groups in total. The fraction of sp³-hybridized carbons (Fsp3) is 0.263. The summed E-state index contributed by atoms with van der Waals surface area (Å²) in [5.41, 5.74) is 1.05. The summed E-state index contributed by atoms with van der Waals surface area (Å²) in [6.45, 7) is 1.92. The average Bonchev–Trinajstić information content (AvgIpc) is 2.66. The Kier molecular flexibility index (Phi) is 7.03. The van der Waals surface area contributed by atoms with Crippen LogP contribution in [0.2, 0.25) is 0 Å². The van der Waals surface area contributed by atoms with Gasteiger partial charge in [0.25, 0.3) is 5.91 Å². The van der Waals surface area contributed by atoms with Crippen LogP contribution in [0.5, 0.6) is 11.5 Å². The number of esters is 1. The third-order valence-electron chi connectivity index (χ3n) is 3.63. The zero-order chi connectivity index (χ0) is 19.1. The Balaban J connectivity index is 1.97. The Morgan fingerprint density at radius 3 is 2.42 bits per heavy atom. The highest BCUT2D eigenvalue weighted by Gasteiger charge is 2.16. The molecule has 26 heavy (non-hydrogen) atoms. The molecular formula is C19H20BrNO5. The van der Waals surface area contributed by atoms with Gasteiger partial charge in [-0.25, -0.2) is 4.79 Å². The molecule has 7 heteroatoms. The maximum atomic E-state index is 12.2. The van der Waals surface area contributed by atoms with E-state index in [9.17, 15) is 9.59 Å². The minimum atomic E-state index is -0.658. The summed E-state index contributed by atoms with van der Waals surface area (Å²) in [6.07, 6.45) is -0.658. The van der Waals surface area contributed by atoms with Gasteiger partial charge in [-0.2, -0.15) is 0 Å². The molecule has 0 saturated carbocycles. The fourth-order valence-corrected chi connectivity index (χ4v) is 2.50. The van der Waals surface area contributed by atoms with Crippen LogP contribution in [0.15, 0.2) is 46.9 Å². The molecule has 0 aliphatic heterocycles. The van der Waals surface area contributed by atoms with E-state index >= 15 is 0 Å². The molecule has 2 aromatic rings. The minimum absolute atomic E-state index is 0.251. The molecule has 0 aromatic heterocycles. The molecule has 0 aliphatic carbocycles. The van der Waals surface area contributed by atoms with E-state index in [1.807, 2.05) is 12.1 Å². The van der Waals surface area contributed by atoms with Crippen LogP contribution in [-0.2, 0) is 16.1 Å². The van der Waals surface area contributed by atoms with Crippen molar-refractivity contribution in [1.29, 1.82) is 0 Å². The SMILES string of the molecule is COC(=O)c1cc(CNC(=O)C(C)Oc2ccc(Br)cc2)ccc1OC. The Morgan fingerprint density at radius 1 is 1.12 bits per heavy atom. The van der Waals surface area contributed by atoms with Crippen molar-refractivity contribution < 1.29 is 23.8 Å². The molecule has 138 valence electrons. The molecule has 2 rings (SSSR count). The van der Waals surface area contributed by atoms with Gasteiger partial charge in [0.05, 0.1) is 14.2 Å². The molecule has 1 atom stereocenters. The summed E-state index contributed by atoms with van der Waals surface area (Å²) in [7, 11) is 2.78. The fourth-order valence-electron chi connectivity index (χ4n) is 2.24. The van der Waals surface area contributed by atoms with Crippen LogP contribution in [0.3, 0.4) is 0 Å². The molecular weight excluding hydrogens is 402 g/mol. The molecule has 1 unspecified atom stereocenters. The first-order chi connectivity index (χ1) is 12.4. The van der Waals surface area contributed by atoms with E-state index in [0.717, 1.165) is 10.0 Å². The van der Waals surface area contributed by atoms with E-state index in [-0.39, 0.29) is 12.5 Å². The van der Waals surface area contributed by atoms with Gasteiger partial charge in [0.15, 0.2) is 6.10 Å². The van der Waals surface area contributed by atoms with Crippen LogP contribution < -0.4 is 14.8 Å². The van der Waals surface area contributed by atoms with Crippen molar-refractivity contribution >= 4 is 27.8 Å². The first kappa shape index (κ1) is 19.8. The number of carbonyl (C=O) groups is 2. The standard InChI is InChI=1S/C19H20BrNO5/c1-12(26-15-7-5-14(20)6-8-15)18(22)21-11-13-4-9-17(24-2)16(10-13)19(23)25-3/h4-10,12H,11H2,1-3H3,(H,21,22). The van der Waals surface area contributed by atoms with Gasteiger partial charge in [0.2, 0.25) is 0 Å². The quantitative estimate of drug-likeness (QED) is 0.693. The Labute approximate surface area is 160 Å². The van der Waals surface area contributed by atoms with Crippen molar-refractivity contribution in [3.05, 3.63) is 58.1 Å². The molecule has 0 saturated heterocycles. The lowest BCUT2D eigenvalue weighted by Crippen LogP contribution is -2.35. The predicted octanol–water partition coefficient (Wildman–Crippen LogP) is 3.33. The summed E-state index contributed by atoms with van der Waals surface area (Å²) < 4.78 is 16.4. The van der Waals surface area contributed by atoms with E-state index in [1.54, 1.807) is 37.3 Å². The van der Waals surface area contributed by atoms with Crippen molar-refractivity contribution in [2.24, 2.45) is 0 Å². The van der Waals surface area contributed by atoms with Gasteiger partial charge in [-0.3, -0.25) is 4.79 Å². The van der Waals surface area contributed by atoms with Gasteiger partial charge in [-0.15, -0.1) is 0 Å². The third kappa shape index (κ3) is 5.23. The van der Waals surface area contributed by atoms with E-state index in [4.69, 9.17) is 14.2 Å². The molecule has 0 spiro atoms. The molecule has 6 nitrogen and oxygen atoms in total. The van der Waals surface area contributed by atoms with E-state index < -0.39 is 12.1 Å². The maximum absolute atomic E-state index is 12.2. The second-order valence-electron chi connectivity index (χ2n) is 5.46. The predicted molar refractivity (Wildman–Crippen MR) is 100 cm³/mol. The Bertz CT molecular complexity index is 776. The normalized spacial score (nSPS) is 11.4. The van der Waals surface area contributed by atoms with Gasteiger partial charge in [-0.05, 0) is 48.9 Å². The number of hydrogen-bond acceptors (Lipinski definition) is 5. The van der Waals surface area contributed by atoms with Gasteiger partial charge in [0.1, 0.15) is 17.1 Å². The number of carbonyl (C=O) groups excluding carboxylic acids is 2. The van der Waals surface area contributed by atoms with E-state index in [2.05, 4.69) is 21.2 Å². The van der Waals surface area contributed by atoms with Crippen LogP contribution in [0, 0.1) is 0 Å². The summed E-state index contributed by atoms with van der Waals surface area (Å²) in [5, 5.41) is 2.79. The molecule has 0 radical (unpaired) electrons. The number of methoxy groups -OCH3 is 2. The zero-order valence-corrected chi connectivity index (χ0v) is 16.3. The molecule has 2 aromatic carbocycles. The highest BCUT2D eigenvalue weighted by Crippen LogP contribution is 2.21. The Morgan fingerprint density at radius 2 is 1.81 bits per heavy atom. The first-order valence-corrected chi connectivity index (χ1v) is 8.69. The van der Waals surface area contributed by atoms with Gasteiger partial charge < -0.3 is 19.5 Å². The molecule has 0 bridgehead atoms. The number of amides is 1. The van der Waals surface area contributed by atoms with Crippen molar-refractivity contribution in [2.75, 3.05) is 14.2 Å². The van der Waals surface area contributed by atoms with Crippen molar-refractivity contribution in [2.45, 2.75) is 19.6 Å². The second-order valence-corrected chi connectivity index (χ2v) is 6.37. The summed E-state index contributed by atoms with van der Waals surface area (Å²) >= 11 is 3.35. The lowest BCUT2D eigenvalue weighted by molar-refractivity contribution is -0.127. The summed E-state index contributed by atoms with van der Waals surface area (Å²) in [4.78, 5) is 24.0. The van der Waals surface area contributed by atoms with Crippen molar-refractivity contribution in [3.63, 3.8) is 0 Å². The van der Waals surface area contributed by atoms with Crippen LogP contribution in [0.1, 0.15) is 22.8 Å². The second kappa shape index (κ2) is 9.24. The topological polar surface area (TPSA) is 73.9 Å². The lowest BCUT2D eigenvalue weighted by atomic mass is 10.1. The van der Waals surface area contributed by atoms with Crippen LogP contribution in [0.4, 0.5) is 0 Å². The molecule has 1 amide bonds. The molecule has 0 aliphatic rings. The van der Waals surface area contributed by atoms with Gasteiger partial charge in [0, 0.05) is 11.0 Å². The maximum Gasteiger partial charge on any atom is 0.341 e. The van der Waals surface area contributed by atoms with Gasteiger partial charge in [-0.1, -0.05) is 22.0 Å². The number of rotatable bonds is 7. The summed E-state index contributed by atoms with van der Waals surface area (Å²) in [5.74, 6) is 0.262. The largest absolute Gasteiger partial charge is 0.496 e. The molecule has 0 fully saturated rings. The lowest BCUT2D eigenvalue weighted by Gasteiger charge is -2.15. The van der Waals surface area contributed by atoms with Gasteiger partial charge >= 0.3 is 5.97 Å². The number of halogens is 1. The number of hydrogen-bond donors (Lipinski definition) is 1. The van der Waals surface area contributed by atoms with Crippen LogP contribution in [-0.4, -0.2) is 32.2 Å². The zero-order valence-electron chi connectivity index (χ0n) is 14.7. The van der Waals surface area contributed by atoms with Crippen molar-refractivity contribution in [3.8, 4) is 11.5 Å². The minimum Gasteiger partial charge on any atom is -0.496 e.